The second-order valence-electron chi connectivity index (χ2n) is 7.61. The molecule has 1 aliphatic heterocycles. The van der Waals surface area contributed by atoms with Crippen molar-refractivity contribution < 1.29 is 14.7 Å². The van der Waals surface area contributed by atoms with Gasteiger partial charge in [-0.1, -0.05) is 61.4 Å². The summed E-state index contributed by atoms with van der Waals surface area (Å²) in [6.07, 6.45) is 0.288. The summed E-state index contributed by atoms with van der Waals surface area (Å²) >= 11 is 0. The van der Waals surface area contributed by atoms with Gasteiger partial charge in [-0.2, -0.15) is 0 Å². The topological polar surface area (TPSA) is 57.6 Å². The standard InChI is InChI=1S/C23H25NO3/c1-14(2)12-19(25)20-21(17-7-5-6-16(4)13-17)24(23(27)22(20)26)18-10-8-15(3)9-11-18/h5-11,13-14,21,26H,12H2,1-4H3. The first-order chi connectivity index (χ1) is 12.8. The van der Waals surface area contributed by atoms with Crippen LogP contribution in [0.5, 0.6) is 0 Å². The van der Waals surface area contributed by atoms with Gasteiger partial charge in [0, 0.05) is 12.1 Å². The molecule has 0 saturated heterocycles. The third kappa shape index (κ3) is 3.65. The van der Waals surface area contributed by atoms with E-state index in [-0.39, 0.29) is 23.7 Å². The minimum absolute atomic E-state index is 0.138. The van der Waals surface area contributed by atoms with Gasteiger partial charge < -0.3 is 5.11 Å². The van der Waals surface area contributed by atoms with Gasteiger partial charge >= 0.3 is 0 Å². The fourth-order valence-corrected chi connectivity index (χ4v) is 3.50. The van der Waals surface area contributed by atoms with Crippen LogP contribution in [0.15, 0.2) is 59.9 Å². The van der Waals surface area contributed by atoms with E-state index in [1.54, 1.807) is 0 Å². The lowest BCUT2D eigenvalue weighted by molar-refractivity contribution is -0.118. The average molecular weight is 363 g/mol. The van der Waals surface area contributed by atoms with Crippen LogP contribution < -0.4 is 4.90 Å². The van der Waals surface area contributed by atoms with Crippen LogP contribution in [0.3, 0.4) is 0 Å². The van der Waals surface area contributed by atoms with E-state index in [4.69, 9.17) is 0 Å². The Morgan fingerprint density at radius 3 is 2.33 bits per heavy atom. The Morgan fingerprint density at radius 2 is 1.74 bits per heavy atom. The molecule has 27 heavy (non-hydrogen) atoms. The summed E-state index contributed by atoms with van der Waals surface area (Å²) in [6.45, 7) is 7.84. The summed E-state index contributed by atoms with van der Waals surface area (Å²) < 4.78 is 0. The number of ketones is 1. The minimum atomic E-state index is -0.619. The maximum absolute atomic E-state index is 12.9. The van der Waals surface area contributed by atoms with Crippen molar-refractivity contribution in [2.75, 3.05) is 4.90 Å². The number of aliphatic hydroxyl groups excluding tert-OH is 1. The van der Waals surface area contributed by atoms with Crippen LogP contribution >= 0.6 is 0 Å². The van der Waals surface area contributed by atoms with Crippen LogP contribution in [-0.4, -0.2) is 16.8 Å². The molecule has 0 radical (unpaired) electrons. The highest BCUT2D eigenvalue weighted by Gasteiger charge is 2.44. The van der Waals surface area contributed by atoms with Gasteiger partial charge in [0.1, 0.15) is 0 Å². The molecule has 2 aromatic carbocycles. The summed E-state index contributed by atoms with van der Waals surface area (Å²) in [5.74, 6) is -1.01. The molecule has 1 amide bonds. The molecule has 1 atom stereocenters. The number of Topliss-reactive ketones (excluding diaryl/α,β-unsaturated/α-hetero) is 1. The predicted molar refractivity (Wildman–Crippen MR) is 107 cm³/mol. The Hall–Kier alpha value is -2.88. The van der Waals surface area contributed by atoms with Crippen LogP contribution in [0, 0.1) is 19.8 Å². The third-order valence-corrected chi connectivity index (χ3v) is 4.77. The van der Waals surface area contributed by atoms with Crippen molar-refractivity contribution in [1.29, 1.82) is 0 Å². The molecule has 0 aliphatic carbocycles. The Labute approximate surface area is 160 Å². The van der Waals surface area contributed by atoms with Crippen molar-refractivity contribution in [1.82, 2.24) is 0 Å². The van der Waals surface area contributed by atoms with E-state index in [9.17, 15) is 14.7 Å². The fraction of sp³-hybridized carbons (Fsp3) is 0.304. The number of aliphatic hydroxyl groups is 1. The Kier molecular flexibility index (Phi) is 5.17. The summed E-state index contributed by atoms with van der Waals surface area (Å²) in [4.78, 5) is 27.4. The summed E-state index contributed by atoms with van der Waals surface area (Å²) in [5, 5.41) is 10.6. The minimum Gasteiger partial charge on any atom is -0.503 e. The molecule has 0 aromatic heterocycles. The van der Waals surface area contributed by atoms with Gasteiger partial charge in [0.05, 0.1) is 11.6 Å². The highest BCUT2D eigenvalue weighted by Crippen LogP contribution is 2.41. The normalized spacial score (nSPS) is 17.1. The summed E-state index contributed by atoms with van der Waals surface area (Å²) in [7, 11) is 0. The molecule has 0 saturated carbocycles. The SMILES string of the molecule is Cc1ccc(N2C(=O)C(O)=C(C(=O)CC(C)C)C2c2cccc(C)c2)cc1. The number of anilines is 1. The number of amides is 1. The highest BCUT2D eigenvalue weighted by atomic mass is 16.3. The van der Waals surface area contributed by atoms with Crippen molar-refractivity contribution in [3.05, 3.63) is 76.6 Å². The molecule has 4 nitrogen and oxygen atoms in total. The molecule has 0 bridgehead atoms. The maximum Gasteiger partial charge on any atom is 0.294 e. The first kappa shape index (κ1) is 18.9. The number of benzene rings is 2. The quantitative estimate of drug-likeness (QED) is 0.829. The van der Waals surface area contributed by atoms with Crippen LogP contribution in [-0.2, 0) is 9.59 Å². The molecule has 0 spiro atoms. The number of hydrogen-bond donors (Lipinski definition) is 1. The Balaban J connectivity index is 2.15. The van der Waals surface area contributed by atoms with Crippen molar-refractivity contribution in [3.8, 4) is 0 Å². The smallest absolute Gasteiger partial charge is 0.294 e. The lowest BCUT2D eigenvalue weighted by atomic mass is 9.91. The lowest BCUT2D eigenvalue weighted by Crippen LogP contribution is -2.31. The average Bonchev–Trinajstić information content (AvgIpc) is 2.87. The molecule has 2 aromatic rings. The monoisotopic (exact) mass is 363 g/mol. The van der Waals surface area contributed by atoms with E-state index in [2.05, 4.69) is 0 Å². The second kappa shape index (κ2) is 7.39. The molecule has 1 N–H and O–H groups in total. The van der Waals surface area contributed by atoms with E-state index in [1.807, 2.05) is 76.2 Å². The number of aryl methyl sites for hydroxylation is 2. The summed E-state index contributed by atoms with van der Waals surface area (Å²) in [6, 6.07) is 14.6. The van der Waals surface area contributed by atoms with E-state index >= 15 is 0 Å². The lowest BCUT2D eigenvalue weighted by Gasteiger charge is -2.27. The molecule has 1 heterocycles. The zero-order valence-corrected chi connectivity index (χ0v) is 16.2. The second-order valence-corrected chi connectivity index (χ2v) is 7.61. The van der Waals surface area contributed by atoms with Gasteiger partial charge in [0.2, 0.25) is 0 Å². The molecule has 0 fully saturated rings. The van der Waals surface area contributed by atoms with Crippen molar-refractivity contribution in [3.63, 3.8) is 0 Å². The van der Waals surface area contributed by atoms with E-state index in [0.717, 1.165) is 16.7 Å². The van der Waals surface area contributed by atoms with Crippen LogP contribution in [0.2, 0.25) is 0 Å². The molecular formula is C23H25NO3. The van der Waals surface area contributed by atoms with Gasteiger partial charge in [-0.3, -0.25) is 14.5 Å². The zero-order chi connectivity index (χ0) is 19.7. The number of carbonyl (C=O) groups is 2. The van der Waals surface area contributed by atoms with Gasteiger partial charge in [-0.15, -0.1) is 0 Å². The largest absolute Gasteiger partial charge is 0.503 e. The molecule has 1 aliphatic rings. The number of nitrogens with zero attached hydrogens (tertiary/aromatic N) is 1. The zero-order valence-electron chi connectivity index (χ0n) is 16.2. The highest BCUT2D eigenvalue weighted by molar-refractivity contribution is 6.16. The van der Waals surface area contributed by atoms with Crippen LogP contribution in [0.4, 0.5) is 5.69 Å². The number of rotatable bonds is 5. The van der Waals surface area contributed by atoms with Gasteiger partial charge in [0.25, 0.3) is 5.91 Å². The molecule has 140 valence electrons. The molecule has 3 rings (SSSR count). The van der Waals surface area contributed by atoms with Crippen molar-refractivity contribution in [2.24, 2.45) is 5.92 Å². The van der Waals surface area contributed by atoms with E-state index in [1.165, 1.54) is 4.90 Å². The van der Waals surface area contributed by atoms with Crippen LogP contribution in [0.1, 0.15) is 43.0 Å². The van der Waals surface area contributed by atoms with Gasteiger partial charge in [0.15, 0.2) is 11.5 Å². The predicted octanol–water partition coefficient (Wildman–Crippen LogP) is 4.82. The molecular weight excluding hydrogens is 338 g/mol. The Morgan fingerprint density at radius 1 is 1.07 bits per heavy atom. The first-order valence-corrected chi connectivity index (χ1v) is 9.22. The summed E-state index contributed by atoms with van der Waals surface area (Å²) in [5.41, 5.74) is 3.78. The van der Waals surface area contributed by atoms with Crippen molar-refractivity contribution in [2.45, 2.75) is 40.2 Å². The van der Waals surface area contributed by atoms with E-state index < -0.39 is 17.7 Å². The Bertz CT molecular complexity index is 909. The van der Waals surface area contributed by atoms with E-state index in [0.29, 0.717) is 5.69 Å². The number of carbonyl (C=O) groups excluding carboxylic acids is 2. The van der Waals surface area contributed by atoms with Crippen molar-refractivity contribution >= 4 is 17.4 Å². The molecule has 4 heteroatoms. The fourth-order valence-electron chi connectivity index (χ4n) is 3.50. The van der Waals surface area contributed by atoms with Gasteiger partial charge in [-0.05, 0) is 37.5 Å². The van der Waals surface area contributed by atoms with Gasteiger partial charge in [-0.25, -0.2) is 0 Å². The number of hydrogen-bond acceptors (Lipinski definition) is 3. The maximum atomic E-state index is 12.9. The van der Waals surface area contributed by atoms with Crippen LogP contribution in [0.25, 0.3) is 0 Å². The first-order valence-electron chi connectivity index (χ1n) is 9.22. The third-order valence-electron chi connectivity index (χ3n) is 4.77. The molecule has 1 unspecified atom stereocenters.